The highest BCUT2D eigenvalue weighted by molar-refractivity contribution is 6.00. The highest BCUT2D eigenvalue weighted by atomic mass is 16.1. The van der Waals surface area contributed by atoms with Crippen molar-refractivity contribution < 1.29 is 4.79 Å². The fourth-order valence-electron chi connectivity index (χ4n) is 2.54. The summed E-state index contributed by atoms with van der Waals surface area (Å²) in [6.45, 7) is 11.4. The Morgan fingerprint density at radius 3 is 2.26 bits per heavy atom. The van der Waals surface area contributed by atoms with E-state index in [1.807, 2.05) is 19.1 Å². The Bertz CT molecular complexity index is 410. The Morgan fingerprint density at radius 1 is 1.21 bits per heavy atom. The third-order valence-electron chi connectivity index (χ3n) is 3.74. The van der Waals surface area contributed by atoms with Crippen LogP contribution >= 0.6 is 0 Å². The van der Waals surface area contributed by atoms with Crippen LogP contribution in [0.2, 0.25) is 0 Å². The number of carbonyl (C=O) groups excluding carboxylic acids is 1. The van der Waals surface area contributed by atoms with Gasteiger partial charge in [-0.3, -0.25) is 4.79 Å². The molecule has 1 rings (SSSR count). The first-order chi connectivity index (χ1) is 8.84. The molecule has 1 amide bonds. The lowest BCUT2D eigenvalue weighted by molar-refractivity contribution is 0.0937. The van der Waals surface area contributed by atoms with Crippen LogP contribution in [-0.2, 0) is 0 Å². The summed E-state index contributed by atoms with van der Waals surface area (Å²) >= 11 is 0. The van der Waals surface area contributed by atoms with Crippen LogP contribution < -0.4 is 11.1 Å². The van der Waals surface area contributed by atoms with E-state index in [1.165, 1.54) is 0 Å². The third-order valence-corrected chi connectivity index (χ3v) is 3.74. The van der Waals surface area contributed by atoms with E-state index in [2.05, 4.69) is 33.0 Å². The second kappa shape index (κ2) is 6.60. The molecule has 3 heteroatoms. The molecule has 3 N–H and O–H groups in total. The second-order valence-corrected chi connectivity index (χ2v) is 5.90. The number of amides is 1. The molecule has 106 valence electrons. The maximum absolute atomic E-state index is 12.2. The van der Waals surface area contributed by atoms with E-state index >= 15 is 0 Å². The van der Waals surface area contributed by atoms with Gasteiger partial charge in [-0.15, -0.1) is 0 Å². The molecule has 0 aromatic heterocycles. The summed E-state index contributed by atoms with van der Waals surface area (Å²) in [5.74, 6) is 1.51. The largest absolute Gasteiger partial charge is 0.398 e. The number of nitrogens with two attached hydrogens (primary N) is 1. The van der Waals surface area contributed by atoms with E-state index in [0.29, 0.717) is 35.5 Å². The average molecular weight is 262 g/mol. The predicted octanol–water partition coefficient (Wildman–Crippen LogP) is 3.24. The van der Waals surface area contributed by atoms with Crippen molar-refractivity contribution in [3.05, 3.63) is 29.3 Å². The Balaban J connectivity index is 2.75. The summed E-state index contributed by atoms with van der Waals surface area (Å²) < 4.78 is 0. The molecule has 0 saturated heterocycles. The maximum Gasteiger partial charge on any atom is 0.253 e. The Labute approximate surface area is 116 Å². The highest BCUT2D eigenvalue weighted by Gasteiger charge is 2.19. The van der Waals surface area contributed by atoms with E-state index in [9.17, 15) is 4.79 Å². The first-order valence-corrected chi connectivity index (χ1v) is 6.97. The lowest BCUT2D eigenvalue weighted by Gasteiger charge is -2.25. The zero-order valence-corrected chi connectivity index (χ0v) is 12.7. The van der Waals surface area contributed by atoms with Gasteiger partial charge in [-0.25, -0.2) is 0 Å². The van der Waals surface area contributed by atoms with Gasteiger partial charge < -0.3 is 11.1 Å². The predicted molar refractivity (Wildman–Crippen MR) is 81.1 cm³/mol. The molecule has 0 aliphatic carbocycles. The van der Waals surface area contributed by atoms with Crippen molar-refractivity contribution >= 4 is 11.6 Å². The van der Waals surface area contributed by atoms with Gasteiger partial charge in [-0.05, 0) is 36.3 Å². The zero-order valence-electron chi connectivity index (χ0n) is 12.7. The van der Waals surface area contributed by atoms with Crippen LogP contribution in [0.5, 0.6) is 0 Å². The lowest BCUT2D eigenvalue weighted by atomic mass is 9.85. The second-order valence-electron chi connectivity index (χ2n) is 5.90. The summed E-state index contributed by atoms with van der Waals surface area (Å²) in [5.41, 5.74) is 7.96. The van der Waals surface area contributed by atoms with Crippen molar-refractivity contribution in [1.82, 2.24) is 5.32 Å². The highest BCUT2D eigenvalue weighted by Crippen LogP contribution is 2.20. The van der Waals surface area contributed by atoms with E-state index in [-0.39, 0.29) is 5.91 Å². The Morgan fingerprint density at radius 2 is 1.79 bits per heavy atom. The van der Waals surface area contributed by atoms with Crippen molar-refractivity contribution in [2.45, 2.75) is 34.6 Å². The Kier molecular flexibility index (Phi) is 5.40. The number of aryl methyl sites for hydroxylation is 1. The molecule has 0 spiro atoms. The molecule has 0 aliphatic rings. The molecule has 19 heavy (non-hydrogen) atoms. The monoisotopic (exact) mass is 262 g/mol. The van der Waals surface area contributed by atoms with Crippen LogP contribution in [0.3, 0.4) is 0 Å². The number of nitrogen functional groups attached to an aromatic ring is 1. The molecule has 0 fully saturated rings. The van der Waals surface area contributed by atoms with E-state index in [1.54, 1.807) is 6.07 Å². The number of hydrogen-bond donors (Lipinski definition) is 2. The molecule has 0 atom stereocenters. The van der Waals surface area contributed by atoms with Crippen LogP contribution in [0.4, 0.5) is 5.69 Å². The van der Waals surface area contributed by atoms with E-state index in [4.69, 9.17) is 5.73 Å². The molecule has 0 heterocycles. The number of benzene rings is 1. The number of anilines is 1. The SMILES string of the molecule is Cc1cccc(N)c1C(=O)NCC(C(C)C)C(C)C. The third kappa shape index (κ3) is 3.98. The normalized spacial score (nSPS) is 11.4. The molecular formula is C16H26N2O. The molecule has 3 nitrogen and oxygen atoms in total. The smallest absolute Gasteiger partial charge is 0.253 e. The quantitative estimate of drug-likeness (QED) is 0.800. The summed E-state index contributed by atoms with van der Waals surface area (Å²) in [4.78, 5) is 12.2. The van der Waals surface area contributed by atoms with E-state index in [0.717, 1.165) is 5.56 Å². The maximum atomic E-state index is 12.2. The molecule has 0 saturated carbocycles. The van der Waals surface area contributed by atoms with Gasteiger partial charge in [-0.2, -0.15) is 0 Å². The van der Waals surface area contributed by atoms with Gasteiger partial charge in [0.15, 0.2) is 0 Å². The molecule has 0 bridgehead atoms. The number of rotatable bonds is 5. The van der Waals surface area contributed by atoms with Crippen LogP contribution in [0.1, 0.15) is 43.6 Å². The van der Waals surface area contributed by atoms with Crippen LogP contribution in [-0.4, -0.2) is 12.5 Å². The van der Waals surface area contributed by atoms with E-state index < -0.39 is 0 Å². The molecule has 1 aromatic carbocycles. The summed E-state index contributed by atoms with van der Waals surface area (Å²) in [7, 11) is 0. The molecular weight excluding hydrogens is 236 g/mol. The van der Waals surface area contributed by atoms with Crippen LogP contribution in [0.25, 0.3) is 0 Å². The van der Waals surface area contributed by atoms with Crippen molar-refractivity contribution in [1.29, 1.82) is 0 Å². The minimum Gasteiger partial charge on any atom is -0.398 e. The topological polar surface area (TPSA) is 55.1 Å². The van der Waals surface area contributed by atoms with Gasteiger partial charge in [0.05, 0.1) is 5.56 Å². The van der Waals surface area contributed by atoms with Gasteiger partial charge in [0, 0.05) is 12.2 Å². The van der Waals surface area contributed by atoms with Gasteiger partial charge in [0.1, 0.15) is 0 Å². The van der Waals surface area contributed by atoms with Crippen LogP contribution in [0.15, 0.2) is 18.2 Å². The van der Waals surface area contributed by atoms with Crippen molar-refractivity contribution in [2.75, 3.05) is 12.3 Å². The number of carbonyl (C=O) groups is 1. The standard InChI is InChI=1S/C16H26N2O/c1-10(2)13(11(3)4)9-18-16(19)15-12(5)7-6-8-14(15)17/h6-8,10-11,13H,9,17H2,1-5H3,(H,18,19). The minimum atomic E-state index is -0.0677. The summed E-state index contributed by atoms with van der Waals surface area (Å²) in [6.07, 6.45) is 0. The van der Waals surface area contributed by atoms with Crippen molar-refractivity contribution in [3.8, 4) is 0 Å². The summed E-state index contributed by atoms with van der Waals surface area (Å²) in [5, 5.41) is 3.02. The first kappa shape index (κ1) is 15.5. The molecule has 0 radical (unpaired) electrons. The van der Waals surface area contributed by atoms with Crippen molar-refractivity contribution in [3.63, 3.8) is 0 Å². The van der Waals surface area contributed by atoms with Gasteiger partial charge in [0.2, 0.25) is 0 Å². The first-order valence-electron chi connectivity index (χ1n) is 6.97. The van der Waals surface area contributed by atoms with Crippen LogP contribution in [0, 0.1) is 24.7 Å². The summed E-state index contributed by atoms with van der Waals surface area (Å²) in [6, 6.07) is 5.55. The molecule has 1 aromatic rings. The molecule has 0 aliphatic heterocycles. The van der Waals surface area contributed by atoms with Gasteiger partial charge in [0.25, 0.3) is 5.91 Å². The van der Waals surface area contributed by atoms with Crippen molar-refractivity contribution in [2.24, 2.45) is 17.8 Å². The lowest BCUT2D eigenvalue weighted by Crippen LogP contribution is -2.34. The Hall–Kier alpha value is -1.51. The number of hydrogen-bond acceptors (Lipinski definition) is 2. The minimum absolute atomic E-state index is 0.0677. The fourth-order valence-corrected chi connectivity index (χ4v) is 2.54. The fraction of sp³-hybridized carbons (Fsp3) is 0.562. The average Bonchev–Trinajstić information content (AvgIpc) is 2.27. The van der Waals surface area contributed by atoms with Gasteiger partial charge in [-0.1, -0.05) is 39.8 Å². The van der Waals surface area contributed by atoms with Gasteiger partial charge >= 0.3 is 0 Å². The number of nitrogens with one attached hydrogen (secondary N) is 1. The molecule has 0 unspecified atom stereocenters. The zero-order chi connectivity index (χ0) is 14.6.